The van der Waals surface area contributed by atoms with E-state index in [2.05, 4.69) is 13.8 Å². The molecule has 1 heterocycles. The zero-order valence-corrected chi connectivity index (χ0v) is 17.6. The second-order valence-corrected chi connectivity index (χ2v) is 7.77. The summed E-state index contributed by atoms with van der Waals surface area (Å²) in [5.41, 5.74) is 0.634. The number of hydrogen-bond donors (Lipinski definition) is 0. The van der Waals surface area contributed by atoms with Gasteiger partial charge in [-0.05, 0) is 42.7 Å². The summed E-state index contributed by atoms with van der Waals surface area (Å²) in [4.78, 5) is 32.3. The van der Waals surface area contributed by atoms with Gasteiger partial charge in [-0.1, -0.05) is 49.9 Å². The summed E-state index contributed by atoms with van der Waals surface area (Å²) in [6.45, 7) is 8.15. The first-order valence-corrected chi connectivity index (χ1v) is 10.9. The molecule has 3 rings (SSSR count). The van der Waals surface area contributed by atoms with E-state index in [0.717, 1.165) is 36.7 Å². The lowest BCUT2D eigenvalue weighted by Crippen LogP contribution is -2.34. The number of fused-ring (bicyclic) bond motifs is 2. The lowest BCUT2D eigenvalue weighted by atomic mass is 10.1. The average Bonchev–Trinajstić information content (AvgIpc) is 2.71. The van der Waals surface area contributed by atoms with Crippen molar-refractivity contribution in [3.05, 3.63) is 46.8 Å². The van der Waals surface area contributed by atoms with E-state index in [1.54, 1.807) is 4.57 Å². The molecular formula is C22H27N3O2S. The predicted molar refractivity (Wildman–Crippen MR) is 117 cm³/mol. The number of hydrogen-bond acceptors (Lipinski definition) is 4. The van der Waals surface area contributed by atoms with Crippen molar-refractivity contribution in [3.63, 3.8) is 0 Å². The molecule has 0 aliphatic heterocycles. The summed E-state index contributed by atoms with van der Waals surface area (Å²) in [5, 5.41) is 3.31. The number of aromatic nitrogens is 2. The molecule has 0 N–H and O–H groups in total. The van der Waals surface area contributed by atoms with E-state index in [1.165, 1.54) is 11.8 Å². The van der Waals surface area contributed by atoms with E-state index in [9.17, 15) is 9.59 Å². The van der Waals surface area contributed by atoms with Crippen LogP contribution in [0.1, 0.15) is 33.6 Å². The molecule has 0 unspecified atom stereocenters. The molecule has 6 heteroatoms. The van der Waals surface area contributed by atoms with E-state index in [-0.39, 0.29) is 11.5 Å². The number of carbonyl (C=O) groups excluding carboxylic acids is 1. The van der Waals surface area contributed by atoms with Crippen molar-refractivity contribution in [3.8, 4) is 0 Å². The van der Waals surface area contributed by atoms with Crippen molar-refractivity contribution in [1.29, 1.82) is 0 Å². The maximum atomic E-state index is 13.0. The van der Waals surface area contributed by atoms with Crippen molar-refractivity contribution in [2.75, 3.05) is 18.8 Å². The van der Waals surface area contributed by atoms with Crippen LogP contribution in [0.5, 0.6) is 0 Å². The van der Waals surface area contributed by atoms with Crippen LogP contribution >= 0.6 is 11.8 Å². The number of benzene rings is 2. The number of amides is 1. The third-order valence-electron chi connectivity index (χ3n) is 4.77. The first kappa shape index (κ1) is 20.4. The number of carbonyl (C=O) groups is 1. The monoisotopic (exact) mass is 397 g/mol. The number of nitrogens with zero attached hydrogens (tertiary/aromatic N) is 3. The molecule has 0 atom stereocenters. The molecule has 0 fully saturated rings. The standard InChI is InChI=1S/C22H27N3O2S/c1-4-11-24(12-5-2)20(26)15-28-22-23-19-14-17-10-8-7-9-16(17)13-18(19)21(27)25(22)6-3/h7-10,13-14H,4-6,11-12,15H2,1-3H3. The molecule has 0 spiro atoms. The van der Waals surface area contributed by atoms with Crippen LogP contribution in [-0.4, -0.2) is 39.2 Å². The van der Waals surface area contributed by atoms with Crippen molar-refractivity contribution in [1.82, 2.24) is 14.5 Å². The molecular weight excluding hydrogens is 370 g/mol. The molecule has 0 radical (unpaired) electrons. The third kappa shape index (κ3) is 4.22. The molecule has 28 heavy (non-hydrogen) atoms. The van der Waals surface area contributed by atoms with Crippen LogP contribution in [0.25, 0.3) is 21.7 Å². The highest BCUT2D eigenvalue weighted by atomic mass is 32.2. The summed E-state index contributed by atoms with van der Waals surface area (Å²) < 4.78 is 1.67. The Labute approximate surface area is 169 Å². The van der Waals surface area contributed by atoms with Gasteiger partial charge in [0, 0.05) is 19.6 Å². The van der Waals surface area contributed by atoms with Gasteiger partial charge >= 0.3 is 0 Å². The van der Waals surface area contributed by atoms with Crippen LogP contribution in [-0.2, 0) is 11.3 Å². The van der Waals surface area contributed by atoms with Crippen molar-refractivity contribution in [2.24, 2.45) is 0 Å². The van der Waals surface area contributed by atoms with E-state index >= 15 is 0 Å². The molecule has 5 nitrogen and oxygen atoms in total. The van der Waals surface area contributed by atoms with Gasteiger partial charge in [0.1, 0.15) is 0 Å². The van der Waals surface area contributed by atoms with Crippen LogP contribution in [0.15, 0.2) is 46.3 Å². The highest BCUT2D eigenvalue weighted by Crippen LogP contribution is 2.23. The second-order valence-electron chi connectivity index (χ2n) is 6.83. The summed E-state index contributed by atoms with van der Waals surface area (Å²) in [6.07, 6.45) is 1.88. The lowest BCUT2D eigenvalue weighted by molar-refractivity contribution is -0.128. The zero-order valence-electron chi connectivity index (χ0n) is 16.8. The molecule has 1 aromatic heterocycles. The van der Waals surface area contributed by atoms with Crippen molar-refractivity contribution < 1.29 is 4.79 Å². The molecule has 2 aromatic carbocycles. The highest BCUT2D eigenvalue weighted by Gasteiger charge is 2.16. The summed E-state index contributed by atoms with van der Waals surface area (Å²) in [5.74, 6) is 0.398. The fourth-order valence-electron chi connectivity index (χ4n) is 3.40. The molecule has 0 aliphatic rings. The van der Waals surface area contributed by atoms with Crippen LogP contribution in [0.4, 0.5) is 0 Å². The normalized spacial score (nSPS) is 11.2. The minimum atomic E-state index is -0.0489. The largest absolute Gasteiger partial charge is 0.342 e. The number of thioether (sulfide) groups is 1. The first-order chi connectivity index (χ1) is 13.6. The summed E-state index contributed by atoms with van der Waals surface area (Å²) in [6, 6.07) is 11.8. The predicted octanol–water partition coefficient (Wildman–Crippen LogP) is 4.31. The third-order valence-corrected chi connectivity index (χ3v) is 5.73. The number of rotatable bonds is 8. The van der Waals surface area contributed by atoms with Crippen LogP contribution in [0.2, 0.25) is 0 Å². The van der Waals surface area contributed by atoms with Gasteiger partial charge in [-0.15, -0.1) is 0 Å². The quantitative estimate of drug-likeness (QED) is 0.323. The highest BCUT2D eigenvalue weighted by molar-refractivity contribution is 7.99. The maximum absolute atomic E-state index is 13.0. The fourth-order valence-corrected chi connectivity index (χ4v) is 4.36. The maximum Gasteiger partial charge on any atom is 0.262 e. The Morgan fingerprint density at radius 1 is 1.07 bits per heavy atom. The first-order valence-electron chi connectivity index (χ1n) is 9.92. The average molecular weight is 398 g/mol. The second kappa shape index (κ2) is 9.24. The van der Waals surface area contributed by atoms with E-state index in [1.807, 2.05) is 48.2 Å². The van der Waals surface area contributed by atoms with E-state index in [4.69, 9.17) is 4.98 Å². The van der Waals surface area contributed by atoms with E-state index in [0.29, 0.717) is 28.4 Å². The minimum absolute atomic E-state index is 0.0489. The molecule has 3 aromatic rings. The molecule has 1 amide bonds. The Morgan fingerprint density at radius 2 is 1.71 bits per heavy atom. The minimum Gasteiger partial charge on any atom is -0.342 e. The Kier molecular flexibility index (Phi) is 6.73. The Hall–Kier alpha value is -2.34. The van der Waals surface area contributed by atoms with Gasteiger partial charge in [0.25, 0.3) is 5.56 Å². The molecule has 0 saturated heterocycles. The van der Waals surface area contributed by atoms with Gasteiger partial charge in [-0.3, -0.25) is 14.2 Å². The van der Waals surface area contributed by atoms with Gasteiger partial charge in [-0.25, -0.2) is 4.98 Å². The smallest absolute Gasteiger partial charge is 0.262 e. The molecule has 0 aliphatic carbocycles. The lowest BCUT2D eigenvalue weighted by Gasteiger charge is -2.21. The van der Waals surface area contributed by atoms with Crippen LogP contribution in [0.3, 0.4) is 0 Å². The Balaban J connectivity index is 1.95. The topological polar surface area (TPSA) is 55.2 Å². The SMILES string of the molecule is CCCN(CCC)C(=O)CSc1nc2cc3ccccc3cc2c(=O)n1CC. The fraction of sp³-hybridized carbons (Fsp3) is 0.409. The van der Waals surface area contributed by atoms with Gasteiger partial charge in [0.15, 0.2) is 5.16 Å². The van der Waals surface area contributed by atoms with Crippen LogP contribution < -0.4 is 5.56 Å². The van der Waals surface area contributed by atoms with Crippen molar-refractivity contribution in [2.45, 2.75) is 45.3 Å². The summed E-state index contributed by atoms with van der Waals surface area (Å²) >= 11 is 1.35. The van der Waals surface area contributed by atoms with Crippen molar-refractivity contribution >= 4 is 39.3 Å². The van der Waals surface area contributed by atoms with E-state index < -0.39 is 0 Å². The van der Waals surface area contributed by atoms with Gasteiger partial charge in [0.2, 0.25) is 5.91 Å². The summed E-state index contributed by atoms with van der Waals surface area (Å²) in [7, 11) is 0. The van der Waals surface area contributed by atoms with Gasteiger partial charge < -0.3 is 4.90 Å². The zero-order chi connectivity index (χ0) is 20.1. The molecule has 0 saturated carbocycles. The Bertz CT molecular complexity index is 1040. The van der Waals surface area contributed by atoms with Gasteiger partial charge in [-0.2, -0.15) is 0 Å². The molecule has 0 bridgehead atoms. The van der Waals surface area contributed by atoms with Crippen LogP contribution in [0, 0.1) is 0 Å². The Morgan fingerprint density at radius 3 is 2.32 bits per heavy atom. The van der Waals surface area contributed by atoms with Gasteiger partial charge in [0.05, 0.1) is 16.7 Å². The molecule has 148 valence electrons.